The summed E-state index contributed by atoms with van der Waals surface area (Å²) in [6, 6.07) is 0. The largest absolute Gasteiger partial charge is 0.481 e. The fourth-order valence-corrected chi connectivity index (χ4v) is 1.62. The molecule has 2 N–H and O–H groups in total. The van der Waals surface area contributed by atoms with Gasteiger partial charge < -0.3 is 10.2 Å². The molecule has 0 aromatic carbocycles. The lowest BCUT2D eigenvalue weighted by Crippen LogP contribution is -2.35. The van der Waals surface area contributed by atoms with E-state index in [1.807, 2.05) is 0 Å². The second-order valence-corrected chi connectivity index (χ2v) is 4.06. The molecule has 0 aliphatic carbocycles. The highest BCUT2D eigenvalue weighted by molar-refractivity contribution is 5.93. The van der Waals surface area contributed by atoms with Crippen LogP contribution >= 0.6 is 0 Å². The lowest BCUT2D eigenvalue weighted by molar-refractivity contribution is -0.489. The van der Waals surface area contributed by atoms with Crippen molar-refractivity contribution in [2.75, 3.05) is 6.54 Å². The molecule has 0 spiro atoms. The monoisotopic (exact) mass is 233 g/mol. The van der Waals surface area contributed by atoms with E-state index in [0.717, 1.165) is 0 Å². The summed E-state index contributed by atoms with van der Waals surface area (Å²) in [4.78, 5) is 31.2. The van der Waals surface area contributed by atoms with Crippen molar-refractivity contribution < 1.29 is 24.7 Å². The van der Waals surface area contributed by atoms with Gasteiger partial charge in [-0.05, 0) is 12.3 Å². The molecule has 0 aromatic heterocycles. The topological polar surface area (TPSA) is 118 Å². The maximum Gasteiger partial charge on any atom is 0.318 e. The predicted octanol–water partition coefficient (Wildman–Crippen LogP) is 0.711. The van der Waals surface area contributed by atoms with Gasteiger partial charge in [-0.15, -0.1) is 0 Å². The van der Waals surface area contributed by atoms with E-state index in [4.69, 9.17) is 10.2 Å². The van der Waals surface area contributed by atoms with Crippen LogP contribution in [0.3, 0.4) is 0 Å². The third-order valence-corrected chi connectivity index (χ3v) is 2.16. The summed E-state index contributed by atoms with van der Waals surface area (Å²) in [5.41, 5.74) is 0. The minimum absolute atomic E-state index is 0.00569. The Kier molecular flexibility index (Phi) is 5.41. The fraction of sp³-hybridized carbons (Fsp3) is 0.778. The van der Waals surface area contributed by atoms with Crippen molar-refractivity contribution in [2.24, 2.45) is 17.8 Å². The van der Waals surface area contributed by atoms with Crippen LogP contribution in [0.5, 0.6) is 0 Å². The maximum atomic E-state index is 10.7. The first-order valence-electron chi connectivity index (χ1n) is 4.83. The number of nitro groups is 1. The fourth-order valence-electron chi connectivity index (χ4n) is 1.62. The summed E-state index contributed by atoms with van der Waals surface area (Å²) in [5.74, 6) is -5.75. The summed E-state index contributed by atoms with van der Waals surface area (Å²) >= 11 is 0. The van der Waals surface area contributed by atoms with E-state index in [-0.39, 0.29) is 12.3 Å². The Morgan fingerprint density at radius 2 is 1.69 bits per heavy atom. The first kappa shape index (κ1) is 14.3. The molecule has 0 fully saturated rings. The first-order valence-corrected chi connectivity index (χ1v) is 4.83. The van der Waals surface area contributed by atoms with Crippen LogP contribution in [-0.2, 0) is 9.59 Å². The van der Waals surface area contributed by atoms with E-state index in [1.54, 1.807) is 13.8 Å². The number of carboxylic acid groups (broad SMARTS) is 2. The molecule has 7 nitrogen and oxygen atoms in total. The summed E-state index contributed by atoms with van der Waals surface area (Å²) in [6.45, 7) is 2.88. The Morgan fingerprint density at radius 3 is 1.94 bits per heavy atom. The van der Waals surface area contributed by atoms with Crippen molar-refractivity contribution in [3.63, 3.8) is 0 Å². The van der Waals surface area contributed by atoms with Crippen molar-refractivity contribution in [3.05, 3.63) is 10.1 Å². The van der Waals surface area contributed by atoms with E-state index in [2.05, 4.69) is 0 Å². The third-order valence-electron chi connectivity index (χ3n) is 2.16. The van der Waals surface area contributed by atoms with E-state index in [0.29, 0.717) is 0 Å². The van der Waals surface area contributed by atoms with Gasteiger partial charge in [-0.3, -0.25) is 19.7 Å². The van der Waals surface area contributed by atoms with E-state index < -0.39 is 35.2 Å². The van der Waals surface area contributed by atoms with Gasteiger partial charge in [0.05, 0.1) is 0 Å². The number of hydrogen-bond acceptors (Lipinski definition) is 4. The molecule has 0 aromatic rings. The molecule has 0 radical (unpaired) electrons. The molecule has 1 unspecified atom stereocenters. The van der Waals surface area contributed by atoms with Gasteiger partial charge in [0.1, 0.15) is 0 Å². The number of hydrogen-bond donors (Lipinski definition) is 2. The summed E-state index contributed by atoms with van der Waals surface area (Å²) in [7, 11) is 0. The summed E-state index contributed by atoms with van der Waals surface area (Å²) in [5, 5.41) is 27.8. The Balaban J connectivity index is 4.87. The van der Waals surface area contributed by atoms with Crippen molar-refractivity contribution in [3.8, 4) is 0 Å². The average molecular weight is 233 g/mol. The van der Waals surface area contributed by atoms with Crippen LogP contribution in [0, 0.1) is 27.9 Å². The van der Waals surface area contributed by atoms with Crippen LogP contribution in [-0.4, -0.2) is 33.6 Å². The second kappa shape index (κ2) is 6.04. The predicted molar refractivity (Wildman–Crippen MR) is 53.6 cm³/mol. The zero-order chi connectivity index (χ0) is 12.9. The second-order valence-electron chi connectivity index (χ2n) is 4.06. The Morgan fingerprint density at radius 1 is 1.25 bits per heavy atom. The highest BCUT2D eigenvalue weighted by Gasteiger charge is 2.38. The van der Waals surface area contributed by atoms with Crippen LogP contribution in [0.2, 0.25) is 0 Å². The van der Waals surface area contributed by atoms with Crippen LogP contribution in [0.1, 0.15) is 20.3 Å². The number of nitrogens with zero attached hydrogens (tertiary/aromatic N) is 1. The van der Waals surface area contributed by atoms with E-state index >= 15 is 0 Å². The van der Waals surface area contributed by atoms with Gasteiger partial charge in [0.15, 0.2) is 5.92 Å². The van der Waals surface area contributed by atoms with Gasteiger partial charge in [0, 0.05) is 10.8 Å². The molecule has 0 amide bonds. The molecule has 0 aliphatic heterocycles. The van der Waals surface area contributed by atoms with E-state index in [1.165, 1.54) is 0 Å². The van der Waals surface area contributed by atoms with Crippen LogP contribution in [0.4, 0.5) is 0 Å². The number of rotatable bonds is 7. The first-order chi connectivity index (χ1) is 7.25. The molecule has 0 saturated carbocycles. The molecule has 1 atom stereocenters. The van der Waals surface area contributed by atoms with Gasteiger partial charge in [-0.25, -0.2) is 0 Å². The van der Waals surface area contributed by atoms with Crippen LogP contribution in [0.25, 0.3) is 0 Å². The number of aliphatic carboxylic acids is 2. The third kappa shape index (κ3) is 4.72. The van der Waals surface area contributed by atoms with E-state index in [9.17, 15) is 19.7 Å². The lowest BCUT2D eigenvalue weighted by atomic mass is 9.85. The van der Waals surface area contributed by atoms with Crippen molar-refractivity contribution in [1.82, 2.24) is 0 Å². The molecule has 16 heavy (non-hydrogen) atoms. The molecule has 0 rings (SSSR count). The molecular weight excluding hydrogens is 218 g/mol. The van der Waals surface area contributed by atoms with Crippen molar-refractivity contribution in [2.45, 2.75) is 20.3 Å². The molecular formula is C9H15NO6. The molecule has 92 valence electrons. The standard InChI is InChI=1S/C9H15NO6/c1-5(2)3-6(4-10(15)16)7(8(11)12)9(13)14/h5-7H,3-4H2,1-2H3,(H,11,12)(H,13,14). The van der Waals surface area contributed by atoms with Crippen LogP contribution in [0.15, 0.2) is 0 Å². The zero-order valence-corrected chi connectivity index (χ0v) is 9.12. The molecule has 0 bridgehead atoms. The van der Waals surface area contributed by atoms with Gasteiger partial charge >= 0.3 is 11.9 Å². The minimum atomic E-state index is -1.72. The molecule has 0 aliphatic rings. The summed E-state index contributed by atoms with van der Waals surface area (Å²) < 4.78 is 0. The minimum Gasteiger partial charge on any atom is -0.481 e. The SMILES string of the molecule is CC(C)CC(C[N+](=O)[O-])C(C(=O)O)C(=O)O. The Labute approximate surface area is 92.2 Å². The van der Waals surface area contributed by atoms with Crippen molar-refractivity contribution >= 4 is 11.9 Å². The quantitative estimate of drug-likeness (QED) is 0.380. The summed E-state index contributed by atoms with van der Waals surface area (Å²) in [6.07, 6.45) is 0.199. The Bertz CT molecular complexity index is 274. The average Bonchev–Trinajstić information content (AvgIpc) is 1.98. The highest BCUT2D eigenvalue weighted by Crippen LogP contribution is 2.22. The molecule has 7 heteroatoms. The highest BCUT2D eigenvalue weighted by atomic mass is 16.6. The lowest BCUT2D eigenvalue weighted by Gasteiger charge is -2.18. The van der Waals surface area contributed by atoms with Crippen molar-refractivity contribution in [1.29, 1.82) is 0 Å². The van der Waals surface area contributed by atoms with Crippen LogP contribution < -0.4 is 0 Å². The Hall–Kier alpha value is -1.66. The smallest absolute Gasteiger partial charge is 0.318 e. The number of carbonyl (C=O) groups is 2. The van der Waals surface area contributed by atoms with Gasteiger partial charge in [0.25, 0.3) is 0 Å². The van der Waals surface area contributed by atoms with Gasteiger partial charge in [-0.2, -0.15) is 0 Å². The van der Waals surface area contributed by atoms with Gasteiger partial charge in [-0.1, -0.05) is 13.8 Å². The van der Waals surface area contributed by atoms with Gasteiger partial charge in [0.2, 0.25) is 6.54 Å². The zero-order valence-electron chi connectivity index (χ0n) is 9.12. The number of carboxylic acids is 2. The maximum absolute atomic E-state index is 10.7. The normalized spacial score (nSPS) is 12.8. The molecule has 0 saturated heterocycles. The molecule has 0 heterocycles.